The Balaban J connectivity index is 0.00000162. The number of anilines is 1. The van der Waals surface area contributed by atoms with Crippen LogP contribution >= 0.6 is 11.6 Å². The average Bonchev–Trinajstić information content (AvgIpc) is 2.13. The van der Waals surface area contributed by atoms with Crippen LogP contribution in [0, 0.1) is 0 Å². The molecule has 0 aliphatic carbocycles. The number of hydrogen-bond donors (Lipinski definition) is 2. The number of nitrogens with two attached hydrogens (primary N) is 1. The van der Waals surface area contributed by atoms with Crippen molar-refractivity contribution < 1.29 is 69.6 Å². The summed E-state index contributed by atoms with van der Waals surface area (Å²) < 4.78 is 48.7. The molecule has 3 N–H and O–H groups in total. The monoisotopic (exact) mass is 335 g/mol. The summed E-state index contributed by atoms with van der Waals surface area (Å²) in [6, 6.07) is 2.05. The molecule has 1 aliphatic heterocycles. The molecule has 0 bridgehead atoms. The summed E-state index contributed by atoms with van der Waals surface area (Å²) in [7, 11) is -8.01. The zero-order valence-electron chi connectivity index (χ0n) is 10.1. The van der Waals surface area contributed by atoms with Gasteiger partial charge < -0.3 is 6.74 Å². The number of nitrogens with zero attached hydrogens (tertiary/aromatic N) is 1. The van der Waals surface area contributed by atoms with Crippen LogP contribution in [-0.4, -0.2) is 23.2 Å². The Kier molecular flexibility index (Phi) is 5.01. The average molecular weight is 336 g/mol. The van der Waals surface area contributed by atoms with Crippen molar-refractivity contribution in [3.63, 3.8) is 0 Å². The molecule has 1 aliphatic rings. The van der Waals surface area contributed by atoms with Crippen molar-refractivity contribution in [1.29, 1.82) is 0 Å². The molecule has 18 heavy (non-hydrogen) atoms. The van der Waals surface area contributed by atoms with Crippen LogP contribution in [0.4, 0.5) is 5.69 Å². The van der Waals surface area contributed by atoms with Gasteiger partial charge in [0.15, 0.2) is 0 Å². The molecule has 1 aromatic rings. The molecule has 0 aromatic heterocycles. The molecule has 0 unspecified atom stereocenters. The zero-order chi connectivity index (χ0) is 12.8. The molecule has 7 nitrogen and oxygen atoms in total. The summed E-state index contributed by atoms with van der Waals surface area (Å²) in [6.07, 6.45) is 0.977. The standard InChI is InChI=1S/C7H6ClN3O4S2.K.H/c8-4-1-5-7(2-6(4)16(9,12)13)17(14,15)11-3-10-5;;/h1-3H,(H,10,11)(H2,9,12,13);;/q;+1;-1. The molecule has 0 saturated heterocycles. The molecular formula is C7H7ClKN3O4S2. The van der Waals surface area contributed by atoms with Gasteiger partial charge in [-0.25, -0.2) is 13.6 Å². The first-order valence-corrected chi connectivity index (χ1v) is 7.50. The van der Waals surface area contributed by atoms with E-state index in [9.17, 15) is 16.8 Å². The number of benzene rings is 1. The number of sulfonamides is 2. The smallest absolute Gasteiger partial charge is 1.00 e. The zero-order valence-corrected chi connectivity index (χ0v) is 14.6. The number of rotatable bonds is 1. The second-order valence-electron chi connectivity index (χ2n) is 3.18. The Morgan fingerprint density at radius 1 is 1.39 bits per heavy atom. The van der Waals surface area contributed by atoms with E-state index in [1.807, 2.05) is 0 Å². The van der Waals surface area contributed by atoms with Crippen molar-refractivity contribution >= 4 is 43.7 Å². The maximum absolute atomic E-state index is 11.5. The fourth-order valence-electron chi connectivity index (χ4n) is 1.30. The van der Waals surface area contributed by atoms with Gasteiger partial charge in [0, 0.05) is 0 Å². The van der Waals surface area contributed by atoms with Crippen molar-refractivity contribution in [2.24, 2.45) is 9.54 Å². The van der Waals surface area contributed by atoms with E-state index in [4.69, 9.17) is 16.7 Å². The number of halogens is 1. The van der Waals surface area contributed by atoms with Crippen molar-refractivity contribution in [1.82, 2.24) is 0 Å². The largest absolute Gasteiger partial charge is 1.00 e. The summed E-state index contributed by atoms with van der Waals surface area (Å²) >= 11 is 5.70. The van der Waals surface area contributed by atoms with Crippen LogP contribution in [0.5, 0.6) is 0 Å². The third kappa shape index (κ3) is 3.14. The summed E-state index contributed by atoms with van der Waals surface area (Å²) in [5, 5.41) is 7.30. The molecule has 2 rings (SSSR count). The van der Waals surface area contributed by atoms with Crippen LogP contribution in [0.1, 0.15) is 1.43 Å². The van der Waals surface area contributed by atoms with Gasteiger partial charge >= 0.3 is 51.4 Å². The van der Waals surface area contributed by atoms with Crippen LogP contribution in [0.15, 0.2) is 26.3 Å². The van der Waals surface area contributed by atoms with Gasteiger partial charge in [0.05, 0.1) is 10.7 Å². The number of nitrogens with one attached hydrogen (secondary N) is 1. The Morgan fingerprint density at radius 2 is 2.00 bits per heavy atom. The van der Waals surface area contributed by atoms with Gasteiger partial charge in [-0.1, -0.05) is 11.6 Å². The molecule has 0 spiro atoms. The number of hydrogen-bond acceptors (Lipinski definition) is 5. The summed E-state index contributed by atoms with van der Waals surface area (Å²) in [5.74, 6) is 0. The number of primary sulfonamides is 1. The molecule has 0 radical (unpaired) electrons. The summed E-state index contributed by atoms with van der Waals surface area (Å²) in [4.78, 5) is -0.742. The van der Waals surface area contributed by atoms with E-state index in [2.05, 4.69) is 9.71 Å². The van der Waals surface area contributed by atoms with E-state index in [1.165, 1.54) is 6.07 Å². The fraction of sp³-hybridized carbons (Fsp3) is 0. The minimum absolute atomic E-state index is 0. The Labute approximate surface area is 153 Å². The van der Waals surface area contributed by atoms with Gasteiger partial charge in [0.2, 0.25) is 10.0 Å². The third-order valence-corrected chi connectivity index (χ3v) is 4.68. The first kappa shape index (κ1) is 16.5. The van der Waals surface area contributed by atoms with Crippen LogP contribution < -0.4 is 61.8 Å². The van der Waals surface area contributed by atoms with E-state index >= 15 is 0 Å². The number of fused-ring (bicyclic) bond motifs is 1. The normalized spacial score (nSPS) is 16.3. The van der Waals surface area contributed by atoms with Crippen molar-refractivity contribution in [2.45, 2.75) is 9.79 Å². The SMILES string of the molecule is NS(=O)(=O)c1cc2c(cc1Cl)NC=NS2(=O)=O.[H-].[K+]. The first-order valence-electron chi connectivity index (χ1n) is 4.13. The van der Waals surface area contributed by atoms with Crippen LogP contribution in [0.3, 0.4) is 0 Å². The van der Waals surface area contributed by atoms with Crippen LogP contribution in [0.2, 0.25) is 5.02 Å². The van der Waals surface area contributed by atoms with Crippen LogP contribution in [-0.2, 0) is 20.0 Å². The summed E-state index contributed by atoms with van der Waals surface area (Å²) in [5.41, 5.74) is 0.150. The topological polar surface area (TPSA) is 119 Å². The second-order valence-corrected chi connectivity index (χ2v) is 6.72. The molecule has 1 heterocycles. The third-order valence-electron chi connectivity index (χ3n) is 2.03. The van der Waals surface area contributed by atoms with Gasteiger partial charge in [-0.3, -0.25) is 0 Å². The Bertz CT molecular complexity index is 735. The minimum atomic E-state index is -4.09. The van der Waals surface area contributed by atoms with Gasteiger partial charge in [-0.2, -0.15) is 8.42 Å². The van der Waals surface area contributed by atoms with Gasteiger partial charge in [0.25, 0.3) is 10.0 Å². The van der Waals surface area contributed by atoms with Crippen molar-refractivity contribution in [2.75, 3.05) is 5.32 Å². The molecular weight excluding hydrogens is 329 g/mol. The van der Waals surface area contributed by atoms with Gasteiger partial charge in [-0.15, -0.1) is 4.40 Å². The second kappa shape index (κ2) is 5.46. The fourth-order valence-corrected chi connectivity index (χ4v) is 3.44. The van der Waals surface area contributed by atoms with E-state index in [0.717, 1.165) is 12.4 Å². The van der Waals surface area contributed by atoms with Gasteiger partial charge in [0.1, 0.15) is 16.1 Å². The molecule has 0 saturated carbocycles. The Hall–Kier alpha value is 0.476. The summed E-state index contributed by atoms with van der Waals surface area (Å²) in [6.45, 7) is 0. The minimum Gasteiger partial charge on any atom is -1.00 e. The van der Waals surface area contributed by atoms with Crippen molar-refractivity contribution in [3.8, 4) is 0 Å². The van der Waals surface area contributed by atoms with E-state index in [0.29, 0.717) is 0 Å². The maximum atomic E-state index is 11.5. The quantitative estimate of drug-likeness (QED) is 0.539. The molecule has 0 amide bonds. The predicted octanol–water partition coefficient (Wildman–Crippen LogP) is -2.75. The van der Waals surface area contributed by atoms with Crippen molar-refractivity contribution in [3.05, 3.63) is 17.2 Å². The molecule has 0 atom stereocenters. The maximum Gasteiger partial charge on any atom is 1.00 e. The first-order chi connectivity index (χ1) is 7.72. The molecule has 94 valence electrons. The molecule has 1 aromatic carbocycles. The Morgan fingerprint density at radius 3 is 2.56 bits per heavy atom. The molecule has 0 fully saturated rings. The van der Waals surface area contributed by atoms with E-state index < -0.39 is 24.9 Å². The van der Waals surface area contributed by atoms with E-state index in [-0.39, 0.29) is 68.4 Å². The van der Waals surface area contributed by atoms with E-state index in [1.54, 1.807) is 0 Å². The van der Waals surface area contributed by atoms with Crippen LogP contribution in [0.25, 0.3) is 0 Å². The molecule has 11 heteroatoms. The van der Waals surface area contributed by atoms with Gasteiger partial charge in [-0.05, 0) is 12.1 Å². The predicted molar refractivity (Wildman–Crippen MR) is 63.2 cm³/mol.